The molecule has 202 valence electrons. The van der Waals surface area contributed by atoms with E-state index < -0.39 is 0 Å². The highest BCUT2D eigenvalue weighted by Gasteiger charge is 2.28. The van der Waals surface area contributed by atoms with E-state index in [1.807, 2.05) is 12.1 Å². The summed E-state index contributed by atoms with van der Waals surface area (Å²) in [6.07, 6.45) is 14.1. The number of hydrogen-bond donors (Lipinski definition) is 4. The summed E-state index contributed by atoms with van der Waals surface area (Å²) in [5.41, 5.74) is 2.56. The standard InChI is InChI=1S/C28H39Cl2N5O2/c29-24-17-32-27(35-20-7-5-19(6-8-20)34-25-3-1-2-4-26(25)36)14-22(24)23-13-21(16-33-28(23)30)31-15-18-9-11-37-12-10-18/h13-14,16-20,25-26,31,34,36H,1-12,15H2,(H,32,35)/t19?,20?,25-,26-/m0/s1. The number of nitrogens with zero attached hydrogens (tertiary/aromatic N) is 2. The van der Waals surface area contributed by atoms with Crippen molar-refractivity contribution in [3.63, 3.8) is 0 Å². The van der Waals surface area contributed by atoms with Gasteiger partial charge in [0, 0.05) is 55.2 Å². The number of rotatable bonds is 8. The predicted octanol–water partition coefficient (Wildman–Crippen LogP) is 5.91. The number of halogens is 2. The molecule has 5 rings (SSSR count). The summed E-state index contributed by atoms with van der Waals surface area (Å²) >= 11 is 13.1. The Balaban J connectivity index is 1.19. The summed E-state index contributed by atoms with van der Waals surface area (Å²) in [6.45, 7) is 2.56. The van der Waals surface area contributed by atoms with Crippen LogP contribution in [0.4, 0.5) is 11.5 Å². The fourth-order valence-corrected chi connectivity index (χ4v) is 6.30. The van der Waals surface area contributed by atoms with Crippen LogP contribution in [0, 0.1) is 5.92 Å². The van der Waals surface area contributed by atoms with Gasteiger partial charge in [0.15, 0.2) is 0 Å². The van der Waals surface area contributed by atoms with Crippen LogP contribution >= 0.6 is 23.2 Å². The van der Waals surface area contributed by atoms with E-state index in [1.54, 1.807) is 12.4 Å². The second kappa shape index (κ2) is 12.9. The topological polar surface area (TPSA) is 91.3 Å². The van der Waals surface area contributed by atoms with E-state index in [-0.39, 0.29) is 12.1 Å². The molecule has 2 aromatic rings. The molecular formula is C28H39Cl2N5O2. The Morgan fingerprint density at radius 2 is 1.62 bits per heavy atom. The van der Waals surface area contributed by atoms with Gasteiger partial charge in [0.2, 0.25) is 0 Å². The van der Waals surface area contributed by atoms with Gasteiger partial charge in [-0.2, -0.15) is 0 Å². The molecule has 9 heteroatoms. The van der Waals surface area contributed by atoms with Crippen LogP contribution in [0.1, 0.15) is 64.2 Å². The van der Waals surface area contributed by atoms with Crippen molar-refractivity contribution in [2.75, 3.05) is 30.4 Å². The van der Waals surface area contributed by atoms with Crippen LogP contribution in [0.25, 0.3) is 11.1 Å². The maximum atomic E-state index is 10.3. The van der Waals surface area contributed by atoms with Crippen molar-refractivity contribution in [3.05, 3.63) is 34.7 Å². The maximum absolute atomic E-state index is 10.3. The second-order valence-corrected chi connectivity index (χ2v) is 11.6. The van der Waals surface area contributed by atoms with Gasteiger partial charge in [-0.1, -0.05) is 36.0 Å². The SMILES string of the molecule is O[C@H]1CCCC[C@@H]1NC1CCC(Nc2cc(-c3cc(NCC4CCOCC4)cnc3Cl)c(Cl)cn2)CC1. The van der Waals surface area contributed by atoms with E-state index in [9.17, 15) is 5.11 Å². The number of pyridine rings is 2. The third-order valence-corrected chi connectivity index (χ3v) is 8.78. The highest BCUT2D eigenvalue weighted by atomic mass is 35.5. The Labute approximate surface area is 230 Å². The van der Waals surface area contributed by atoms with Crippen LogP contribution in [0.5, 0.6) is 0 Å². The molecule has 2 aliphatic carbocycles. The minimum Gasteiger partial charge on any atom is -0.392 e. The van der Waals surface area contributed by atoms with E-state index in [0.717, 1.165) is 100 Å². The van der Waals surface area contributed by atoms with Crippen LogP contribution in [0.15, 0.2) is 24.5 Å². The van der Waals surface area contributed by atoms with Gasteiger partial charge in [-0.25, -0.2) is 9.97 Å². The van der Waals surface area contributed by atoms with E-state index in [1.165, 1.54) is 6.42 Å². The van der Waals surface area contributed by atoms with Crippen LogP contribution in [0.2, 0.25) is 10.2 Å². The molecule has 2 saturated carbocycles. The molecule has 0 amide bonds. The minimum absolute atomic E-state index is 0.196. The predicted molar refractivity (Wildman–Crippen MR) is 151 cm³/mol. The molecule has 4 N–H and O–H groups in total. The number of anilines is 2. The molecule has 0 bridgehead atoms. The Kier molecular flexibility index (Phi) is 9.42. The normalized spacial score (nSPS) is 27.1. The first-order valence-electron chi connectivity index (χ1n) is 13.9. The van der Waals surface area contributed by atoms with E-state index in [2.05, 4.69) is 25.9 Å². The smallest absolute Gasteiger partial charge is 0.137 e. The van der Waals surface area contributed by atoms with Crippen molar-refractivity contribution >= 4 is 34.7 Å². The first-order valence-corrected chi connectivity index (χ1v) is 14.6. The Bertz CT molecular complexity index is 1030. The molecule has 0 unspecified atom stereocenters. The van der Waals surface area contributed by atoms with Crippen LogP contribution in [0.3, 0.4) is 0 Å². The molecule has 3 fully saturated rings. The summed E-state index contributed by atoms with van der Waals surface area (Å²) in [5.74, 6) is 1.40. The Morgan fingerprint density at radius 1 is 0.865 bits per heavy atom. The van der Waals surface area contributed by atoms with Crippen molar-refractivity contribution < 1.29 is 9.84 Å². The van der Waals surface area contributed by atoms with Gasteiger partial charge < -0.3 is 25.8 Å². The van der Waals surface area contributed by atoms with Gasteiger partial charge in [-0.15, -0.1) is 0 Å². The third kappa shape index (κ3) is 7.27. The van der Waals surface area contributed by atoms with Gasteiger partial charge >= 0.3 is 0 Å². The quantitative estimate of drug-likeness (QED) is 0.305. The van der Waals surface area contributed by atoms with Gasteiger partial charge in [-0.3, -0.25) is 0 Å². The second-order valence-electron chi connectivity index (χ2n) is 10.9. The fourth-order valence-electron chi connectivity index (χ4n) is 5.89. The van der Waals surface area contributed by atoms with Crippen molar-refractivity contribution in [2.24, 2.45) is 5.92 Å². The number of nitrogens with one attached hydrogen (secondary N) is 3. The summed E-state index contributed by atoms with van der Waals surface area (Å²) in [4.78, 5) is 8.97. The number of aliphatic hydroxyl groups excluding tert-OH is 1. The zero-order valence-corrected chi connectivity index (χ0v) is 22.9. The van der Waals surface area contributed by atoms with Crippen LogP contribution < -0.4 is 16.0 Å². The highest BCUT2D eigenvalue weighted by Crippen LogP contribution is 2.35. The largest absolute Gasteiger partial charge is 0.392 e. The Hall–Kier alpha value is -1.64. The van der Waals surface area contributed by atoms with E-state index in [0.29, 0.717) is 28.2 Å². The number of aromatic nitrogens is 2. The van der Waals surface area contributed by atoms with Crippen molar-refractivity contribution in [3.8, 4) is 11.1 Å². The lowest BCUT2D eigenvalue weighted by Gasteiger charge is -2.36. The van der Waals surface area contributed by atoms with Gasteiger partial charge in [0.25, 0.3) is 0 Å². The number of hydrogen-bond acceptors (Lipinski definition) is 7. The van der Waals surface area contributed by atoms with Gasteiger partial charge in [0.05, 0.1) is 23.0 Å². The van der Waals surface area contributed by atoms with Crippen LogP contribution in [-0.2, 0) is 4.74 Å². The minimum atomic E-state index is -0.196. The number of aliphatic hydroxyl groups is 1. The van der Waals surface area contributed by atoms with E-state index >= 15 is 0 Å². The molecule has 1 aliphatic heterocycles. The van der Waals surface area contributed by atoms with E-state index in [4.69, 9.17) is 27.9 Å². The van der Waals surface area contributed by atoms with Crippen molar-refractivity contribution in [1.82, 2.24) is 15.3 Å². The molecule has 2 atom stereocenters. The molecule has 37 heavy (non-hydrogen) atoms. The number of ether oxygens (including phenoxy) is 1. The molecule has 7 nitrogen and oxygen atoms in total. The van der Waals surface area contributed by atoms with Crippen molar-refractivity contribution in [1.29, 1.82) is 0 Å². The summed E-state index contributed by atoms with van der Waals surface area (Å²) < 4.78 is 5.47. The maximum Gasteiger partial charge on any atom is 0.137 e. The van der Waals surface area contributed by atoms with Gasteiger partial charge in [-0.05, 0) is 69.4 Å². The molecule has 1 saturated heterocycles. The molecule has 3 aliphatic rings. The monoisotopic (exact) mass is 547 g/mol. The van der Waals surface area contributed by atoms with Crippen LogP contribution in [-0.4, -0.2) is 59.1 Å². The molecule has 0 spiro atoms. The molecule has 0 radical (unpaired) electrons. The molecule has 2 aromatic heterocycles. The first-order chi connectivity index (χ1) is 18.0. The third-order valence-electron chi connectivity index (χ3n) is 8.18. The zero-order valence-electron chi connectivity index (χ0n) is 21.4. The summed E-state index contributed by atoms with van der Waals surface area (Å²) in [7, 11) is 0. The molecular weight excluding hydrogens is 509 g/mol. The molecule has 3 heterocycles. The first kappa shape index (κ1) is 26.9. The summed E-state index contributed by atoms with van der Waals surface area (Å²) in [5, 5.41) is 22.1. The summed E-state index contributed by atoms with van der Waals surface area (Å²) in [6, 6.07) is 5.10. The molecule has 0 aromatic carbocycles. The lowest BCUT2D eigenvalue weighted by atomic mass is 9.87. The average molecular weight is 549 g/mol. The lowest BCUT2D eigenvalue weighted by Crippen LogP contribution is -2.48. The average Bonchev–Trinajstić information content (AvgIpc) is 2.92. The zero-order chi connectivity index (χ0) is 25.6. The fraction of sp³-hybridized carbons (Fsp3) is 0.643. The lowest BCUT2D eigenvalue weighted by molar-refractivity contribution is 0.0699. The highest BCUT2D eigenvalue weighted by molar-refractivity contribution is 6.36. The van der Waals surface area contributed by atoms with Crippen molar-refractivity contribution in [2.45, 2.75) is 88.4 Å². The Morgan fingerprint density at radius 3 is 2.41 bits per heavy atom. The van der Waals surface area contributed by atoms with Gasteiger partial charge in [0.1, 0.15) is 11.0 Å².